The van der Waals surface area contributed by atoms with Gasteiger partial charge >= 0.3 is 0 Å². The van der Waals surface area contributed by atoms with Crippen LogP contribution in [0.15, 0.2) is 24.3 Å². The Morgan fingerprint density at radius 2 is 0.833 bits per heavy atom. The van der Waals surface area contributed by atoms with Gasteiger partial charge in [0, 0.05) is 24.0 Å². The van der Waals surface area contributed by atoms with Gasteiger partial charge in [0.25, 0.3) is 0 Å². The maximum atomic E-state index is 2.36. The van der Waals surface area contributed by atoms with Gasteiger partial charge < -0.3 is 19.6 Å². The van der Waals surface area contributed by atoms with Gasteiger partial charge in [0.1, 0.15) is 26.2 Å². The average molecular weight is 337 g/mol. The first-order chi connectivity index (χ1) is 11.5. The maximum Gasteiger partial charge on any atom is 0.127 e. The third kappa shape index (κ3) is 7.31. The Hall–Kier alpha value is -0.940. The van der Waals surface area contributed by atoms with Crippen molar-refractivity contribution in [2.45, 2.75) is 25.9 Å². The number of benzene rings is 1. The van der Waals surface area contributed by atoms with Gasteiger partial charge in [-0.1, -0.05) is 24.3 Å². The fourth-order valence-corrected chi connectivity index (χ4v) is 3.71. The molecule has 1 aromatic carbocycles. The minimum absolute atomic E-state index is 1.15. The topological polar surface area (TPSA) is 17.8 Å². The van der Waals surface area contributed by atoms with Gasteiger partial charge in [0.15, 0.2) is 0 Å². The lowest BCUT2D eigenvalue weighted by Crippen LogP contribution is -3.18. The molecule has 0 saturated carbocycles. The Balaban J connectivity index is 1.96. The van der Waals surface area contributed by atoms with E-state index in [0.29, 0.717) is 0 Å². The van der Waals surface area contributed by atoms with Crippen LogP contribution >= 0.6 is 0 Å². The van der Waals surface area contributed by atoms with Gasteiger partial charge in [-0.15, -0.1) is 0 Å². The number of hydrogen-bond donors (Lipinski definition) is 4. The third-order valence-corrected chi connectivity index (χ3v) is 5.43. The molecular formula is C20H40N4+4. The van der Waals surface area contributed by atoms with Crippen molar-refractivity contribution in [3.05, 3.63) is 35.4 Å². The van der Waals surface area contributed by atoms with Gasteiger partial charge in [-0.3, -0.25) is 0 Å². The monoisotopic (exact) mass is 336 g/mol. The van der Waals surface area contributed by atoms with E-state index in [1.807, 2.05) is 0 Å². The molecule has 24 heavy (non-hydrogen) atoms. The maximum absolute atomic E-state index is 2.36. The summed E-state index contributed by atoms with van der Waals surface area (Å²) >= 11 is 0. The average Bonchev–Trinajstić information content (AvgIpc) is 2.54. The second-order valence-electron chi connectivity index (χ2n) is 8.21. The SMILES string of the molecule is C[NH+]1CCC[NH+](C)Cc2ccc(cc2)C[NH+](C)CCC[NH+](C)CC1. The number of fused-ring (bicyclic) bond motifs is 15. The Morgan fingerprint density at radius 3 is 1.21 bits per heavy atom. The molecule has 2 aliphatic heterocycles. The number of rotatable bonds is 0. The van der Waals surface area contributed by atoms with Crippen molar-refractivity contribution in [2.24, 2.45) is 0 Å². The molecule has 2 bridgehead atoms. The van der Waals surface area contributed by atoms with Gasteiger partial charge in [-0.2, -0.15) is 0 Å². The van der Waals surface area contributed by atoms with Crippen LogP contribution in [-0.4, -0.2) is 67.5 Å². The van der Waals surface area contributed by atoms with Gasteiger partial charge in [0.05, 0.1) is 54.4 Å². The molecule has 4 N–H and O–H groups in total. The quantitative estimate of drug-likeness (QED) is 0.377. The van der Waals surface area contributed by atoms with Crippen LogP contribution in [0.2, 0.25) is 0 Å². The molecule has 4 unspecified atom stereocenters. The summed E-state index contributed by atoms with van der Waals surface area (Å²) in [6.45, 7) is 10.0. The minimum atomic E-state index is 1.15. The second-order valence-corrected chi connectivity index (χ2v) is 8.21. The van der Waals surface area contributed by atoms with Crippen molar-refractivity contribution in [3.63, 3.8) is 0 Å². The Labute approximate surface area is 149 Å². The molecule has 4 heteroatoms. The fourth-order valence-electron chi connectivity index (χ4n) is 3.71. The summed E-state index contributed by atoms with van der Waals surface area (Å²) in [5, 5.41) is 0. The standard InChI is InChI=1S/C20H36N4/c1-21-11-5-13-23(3)17-19-7-9-20(10-8-19)18-24(4)14-6-12-22(2)16-15-21/h7-10H,5-6,11-18H2,1-4H3/p+4. The number of hydrogen-bond acceptors (Lipinski definition) is 0. The van der Waals surface area contributed by atoms with Crippen molar-refractivity contribution in [3.8, 4) is 0 Å². The molecule has 1 aromatic rings. The molecule has 0 aliphatic carbocycles. The van der Waals surface area contributed by atoms with Crippen LogP contribution in [0, 0.1) is 0 Å². The lowest BCUT2D eigenvalue weighted by Gasteiger charge is -2.20. The zero-order chi connectivity index (χ0) is 17.4. The molecule has 2 heterocycles. The van der Waals surface area contributed by atoms with Crippen LogP contribution in [0.1, 0.15) is 24.0 Å². The first-order valence-corrected chi connectivity index (χ1v) is 9.86. The lowest BCUT2D eigenvalue weighted by atomic mass is 10.1. The largest absolute Gasteiger partial charge is 0.333 e. The van der Waals surface area contributed by atoms with E-state index >= 15 is 0 Å². The smallest absolute Gasteiger partial charge is 0.127 e. The first kappa shape index (κ1) is 19.4. The van der Waals surface area contributed by atoms with E-state index < -0.39 is 0 Å². The highest BCUT2D eigenvalue weighted by molar-refractivity contribution is 5.21. The predicted octanol–water partition coefficient (Wildman–Crippen LogP) is -3.46. The van der Waals surface area contributed by atoms with Gasteiger partial charge in [0.2, 0.25) is 0 Å². The van der Waals surface area contributed by atoms with E-state index in [2.05, 4.69) is 52.5 Å². The van der Waals surface area contributed by atoms with Gasteiger partial charge in [-0.25, -0.2) is 0 Å². The number of likely N-dealkylation sites (N-methyl/N-ethyl adjacent to an activating group) is 2. The molecule has 0 radical (unpaired) electrons. The van der Waals surface area contributed by atoms with Crippen LogP contribution in [0.5, 0.6) is 0 Å². The Morgan fingerprint density at radius 1 is 0.500 bits per heavy atom. The van der Waals surface area contributed by atoms with Crippen molar-refractivity contribution in [1.29, 1.82) is 0 Å². The summed E-state index contributed by atoms with van der Waals surface area (Å²) in [6.07, 6.45) is 2.64. The molecular weight excluding hydrogens is 296 g/mol. The Bertz CT molecular complexity index is 416. The summed E-state index contributed by atoms with van der Waals surface area (Å²) in [6, 6.07) is 9.35. The molecule has 136 valence electrons. The highest BCUT2D eigenvalue weighted by Crippen LogP contribution is 2.02. The van der Waals surface area contributed by atoms with Crippen LogP contribution in [0.3, 0.4) is 0 Å². The van der Waals surface area contributed by atoms with Crippen molar-refractivity contribution in [1.82, 2.24) is 0 Å². The van der Waals surface area contributed by atoms with Crippen LogP contribution in [0.4, 0.5) is 0 Å². The molecule has 4 atom stereocenters. The molecule has 0 aromatic heterocycles. The zero-order valence-electron chi connectivity index (χ0n) is 16.4. The molecule has 3 rings (SSSR count). The summed E-state index contributed by atoms with van der Waals surface area (Å²) in [7, 11) is 9.38. The van der Waals surface area contributed by atoms with Crippen LogP contribution in [0.25, 0.3) is 0 Å². The summed E-state index contributed by atoms with van der Waals surface area (Å²) < 4.78 is 0. The molecule has 0 amide bonds. The van der Waals surface area contributed by atoms with E-state index in [1.165, 1.54) is 63.2 Å². The minimum Gasteiger partial charge on any atom is -0.333 e. The summed E-state index contributed by atoms with van der Waals surface area (Å²) in [4.78, 5) is 6.63. The van der Waals surface area contributed by atoms with Crippen molar-refractivity contribution in [2.75, 3.05) is 67.5 Å². The fraction of sp³-hybridized carbons (Fsp3) is 0.700. The highest BCUT2D eigenvalue weighted by Gasteiger charge is 2.12. The second kappa shape index (κ2) is 10.1. The summed E-state index contributed by atoms with van der Waals surface area (Å²) in [5.41, 5.74) is 2.95. The van der Waals surface area contributed by atoms with Gasteiger partial charge in [-0.05, 0) is 0 Å². The molecule has 0 saturated heterocycles. The molecule has 2 aliphatic rings. The zero-order valence-corrected chi connectivity index (χ0v) is 16.4. The van der Waals surface area contributed by atoms with Crippen LogP contribution < -0.4 is 19.6 Å². The molecule has 4 nitrogen and oxygen atoms in total. The Kier molecular flexibility index (Phi) is 8.19. The van der Waals surface area contributed by atoms with Crippen molar-refractivity contribution < 1.29 is 19.6 Å². The number of nitrogens with one attached hydrogen (secondary N) is 4. The molecule has 0 spiro atoms. The summed E-state index contributed by atoms with van der Waals surface area (Å²) in [5.74, 6) is 0. The molecule has 0 fully saturated rings. The van der Waals surface area contributed by atoms with E-state index in [4.69, 9.17) is 0 Å². The van der Waals surface area contributed by atoms with Crippen molar-refractivity contribution >= 4 is 0 Å². The van der Waals surface area contributed by atoms with E-state index in [0.717, 1.165) is 13.1 Å². The van der Waals surface area contributed by atoms with E-state index in [9.17, 15) is 0 Å². The third-order valence-electron chi connectivity index (χ3n) is 5.43. The van der Waals surface area contributed by atoms with E-state index in [-0.39, 0.29) is 0 Å². The normalized spacial score (nSPS) is 31.3. The first-order valence-electron chi connectivity index (χ1n) is 9.86. The number of quaternary nitrogens is 4. The van der Waals surface area contributed by atoms with Crippen LogP contribution in [-0.2, 0) is 13.1 Å². The lowest BCUT2D eigenvalue weighted by molar-refractivity contribution is -0.945. The highest BCUT2D eigenvalue weighted by atomic mass is 15.2. The van der Waals surface area contributed by atoms with E-state index in [1.54, 1.807) is 19.6 Å². The predicted molar refractivity (Wildman–Crippen MR) is 99.8 cm³/mol.